The van der Waals surface area contributed by atoms with E-state index in [-0.39, 0.29) is 12.0 Å². The average Bonchev–Trinajstić information content (AvgIpc) is 2.96. The van der Waals surface area contributed by atoms with Gasteiger partial charge in [0, 0.05) is 19.6 Å². The maximum Gasteiger partial charge on any atom is 0.261 e. The summed E-state index contributed by atoms with van der Waals surface area (Å²) in [6, 6.07) is 0. The Hall–Kier alpha value is -0.960. The van der Waals surface area contributed by atoms with Gasteiger partial charge in [0.2, 0.25) is 10.0 Å². The smallest absolute Gasteiger partial charge is 0.261 e. The van der Waals surface area contributed by atoms with E-state index in [0.717, 1.165) is 24.1 Å². The van der Waals surface area contributed by atoms with Gasteiger partial charge >= 0.3 is 0 Å². The predicted molar refractivity (Wildman–Crippen MR) is 89.5 cm³/mol. The van der Waals surface area contributed by atoms with Crippen molar-refractivity contribution < 1.29 is 17.9 Å². The van der Waals surface area contributed by atoms with E-state index in [9.17, 15) is 13.2 Å². The lowest BCUT2D eigenvalue weighted by Gasteiger charge is -2.31. The minimum Gasteiger partial charge on any atom is -0.374 e. The zero-order valence-electron chi connectivity index (χ0n) is 13.2. The molecule has 1 aliphatic heterocycles. The van der Waals surface area contributed by atoms with Crippen LogP contribution in [0.25, 0.3) is 0 Å². The summed E-state index contributed by atoms with van der Waals surface area (Å²) < 4.78 is 30.2. The Morgan fingerprint density at radius 3 is 3.00 bits per heavy atom. The maximum absolute atomic E-state index is 12.4. The zero-order chi connectivity index (χ0) is 16.4. The Morgan fingerprint density at radius 2 is 2.22 bits per heavy atom. The molecule has 0 radical (unpaired) electrons. The van der Waals surface area contributed by atoms with Gasteiger partial charge in [0.25, 0.3) is 5.91 Å². The van der Waals surface area contributed by atoms with Crippen molar-refractivity contribution in [1.29, 1.82) is 0 Å². The fraction of sp³-hybridized carbons (Fsp3) is 0.667. The standard InChI is InChI=1S/C15H22N2O4S2/c1-23(19,20)17-6-7-21-12(9-17)8-16-15(18)14-13-5-3-2-4-11(13)10-22-14/h10,12H,2-9H2,1H3,(H,16,18)/t12-/m1/s1. The van der Waals surface area contributed by atoms with Crippen molar-refractivity contribution in [3.8, 4) is 0 Å². The minimum atomic E-state index is -3.21. The molecular weight excluding hydrogens is 336 g/mol. The highest BCUT2D eigenvalue weighted by Gasteiger charge is 2.27. The van der Waals surface area contributed by atoms with Gasteiger partial charge in [-0.25, -0.2) is 8.42 Å². The van der Waals surface area contributed by atoms with Crippen molar-refractivity contribution in [1.82, 2.24) is 9.62 Å². The molecule has 128 valence electrons. The summed E-state index contributed by atoms with van der Waals surface area (Å²) in [5.74, 6) is -0.0711. The third-order valence-electron chi connectivity index (χ3n) is 4.37. The summed E-state index contributed by atoms with van der Waals surface area (Å²) >= 11 is 1.51. The normalized spacial score (nSPS) is 22.6. The fourth-order valence-electron chi connectivity index (χ4n) is 3.11. The predicted octanol–water partition coefficient (Wildman–Crippen LogP) is 1.02. The van der Waals surface area contributed by atoms with Gasteiger partial charge in [-0.15, -0.1) is 11.3 Å². The third kappa shape index (κ3) is 3.93. The number of sulfonamides is 1. The summed E-state index contributed by atoms with van der Waals surface area (Å²) in [6.07, 6.45) is 5.28. The second-order valence-electron chi connectivity index (χ2n) is 6.10. The first kappa shape index (κ1) is 16.9. The van der Waals surface area contributed by atoms with Crippen LogP contribution in [0, 0.1) is 0 Å². The number of thiophene rings is 1. The number of carbonyl (C=O) groups excluding carboxylic acids is 1. The van der Waals surface area contributed by atoms with Crippen molar-refractivity contribution >= 4 is 27.3 Å². The van der Waals surface area contributed by atoms with Crippen molar-refractivity contribution in [3.63, 3.8) is 0 Å². The Labute approximate surface area is 140 Å². The molecule has 2 aliphatic rings. The number of aryl methyl sites for hydroxylation is 1. The van der Waals surface area contributed by atoms with Crippen LogP contribution < -0.4 is 5.32 Å². The number of morpholine rings is 1. The first-order valence-corrected chi connectivity index (χ1v) is 10.6. The van der Waals surface area contributed by atoms with E-state index in [1.165, 1.54) is 39.4 Å². The maximum atomic E-state index is 12.4. The molecule has 1 aliphatic carbocycles. The van der Waals surface area contributed by atoms with Gasteiger partial charge in [0.1, 0.15) is 0 Å². The molecule has 3 rings (SSSR count). The van der Waals surface area contributed by atoms with E-state index in [4.69, 9.17) is 4.74 Å². The average molecular weight is 358 g/mol. The minimum absolute atomic E-state index is 0.0711. The van der Waals surface area contributed by atoms with Gasteiger partial charge in [-0.3, -0.25) is 4.79 Å². The number of hydrogen-bond acceptors (Lipinski definition) is 5. The lowest BCUT2D eigenvalue weighted by atomic mass is 9.94. The highest BCUT2D eigenvalue weighted by Crippen LogP contribution is 2.29. The topological polar surface area (TPSA) is 75.7 Å². The van der Waals surface area contributed by atoms with E-state index in [1.807, 2.05) is 0 Å². The van der Waals surface area contributed by atoms with Crippen LogP contribution in [-0.4, -0.2) is 57.2 Å². The summed E-state index contributed by atoms with van der Waals surface area (Å²) in [7, 11) is -3.21. The van der Waals surface area contributed by atoms with E-state index >= 15 is 0 Å². The van der Waals surface area contributed by atoms with Crippen molar-refractivity contribution in [2.75, 3.05) is 32.5 Å². The van der Waals surface area contributed by atoms with E-state index in [0.29, 0.717) is 26.2 Å². The van der Waals surface area contributed by atoms with E-state index < -0.39 is 10.0 Å². The molecule has 0 spiro atoms. The van der Waals surface area contributed by atoms with Gasteiger partial charge in [-0.05, 0) is 42.2 Å². The highest BCUT2D eigenvalue weighted by molar-refractivity contribution is 7.88. The lowest BCUT2D eigenvalue weighted by Crippen LogP contribution is -2.49. The summed E-state index contributed by atoms with van der Waals surface area (Å²) in [4.78, 5) is 13.2. The van der Waals surface area contributed by atoms with Crippen LogP contribution in [0.5, 0.6) is 0 Å². The molecule has 0 saturated carbocycles. The number of hydrogen-bond donors (Lipinski definition) is 1. The number of nitrogens with one attached hydrogen (secondary N) is 1. The number of carbonyl (C=O) groups is 1. The molecule has 0 unspecified atom stereocenters. The van der Waals surface area contributed by atoms with Crippen molar-refractivity contribution in [2.45, 2.75) is 31.8 Å². The number of amides is 1. The van der Waals surface area contributed by atoms with Crippen LogP contribution in [0.1, 0.15) is 33.6 Å². The van der Waals surface area contributed by atoms with Gasteiger partial charge in [0.15, 0.2) is 0 Å². The first-order valence-electron chi connectivity index (χ1n) is 7.89. The molecule has 1 amide bonds. The van der Waals surface area contributed by atoms with Gasteiger partial charge in [-0.1, -0.05) is 0 Å². The van der Waals surface area contributed by atoms with Crippen LogP contribution in [-0.2, 0) is 27.6 Å². The van der Waals surface area contributed by atoms with E-state index in [2.05, 4.69) is 10.7 Å². The zero-order valence-corrected chi connectivity index (χ0v) is 14.8. The molecule has 8 heteroatoms. The molecule has 1 N–H and O–H groups in total. The van der Waals surface area contributed by atoms with Crippen LogP contribution in [0.3, 0.4) is 0 Å². The molecule has 0 bridgehead atoms. The quantitative estimate of drug-likeness (QED) is 0.872. The first-order chi connectivity index (χ1) is 10.9. The second-order valence-corrected chi connectivity index (χ2v) is 8.96. The van der Waals surface area contributed by atoms with Crippen LogP contribution >= 0.6 is 11.3 Å². The molecule has 2 heterocycles. The molecule has 1 saturated heterocycles. The molecule has 6 nitrogen and oxygen atoms in total. The summed E-state index contributed by atoms with van der Waals surface area (Å²) in [5, 5.41) is 4.99. The summed E-state index contributed by atoms with van der Waals surface area (Å²) in [6.45, 7) is 1.36. The SMILES string of the molecule is CS(=O)(=O)N1CCO[C@H](CNC(=O)c2scc3c2CCCC3)C1. The number of fused-ring (bicyclic) bond motifs is 1. The number of rotatable bonds is 4. The number of ether oxygens (including phenoxy) is 1. The van der Waals surface area contributed by atoms with E-state index in [1.54, 1.807) is 0 Å². The Balaban J connectivity index is 1.58. The molecule has 1 aromatic rings. The molecule has 1 aromatic heterocycles. The molecule has 0 aromatic carbocycles. The second kappa shape index (κ2) is 6.88. The molecule has 23 heavy (non-hydrogen) atoms. The van der Waals surface area contributed by atoms with Crippen LogP contribution in [0.4, 0.5) is 0 Å². The Kier molecular flexibility index (Phi) is 5.05. The lowest BCUT2D eigenvalue weighted by molar-refractivity contribution is 0.000455. The molecule has 1 fully saturated rings. The molecule has 1 atom stereocenters. The Morgan fingerprint density at radius 1 is 1.43 bits per heavy atom. The van der Waals surface area contributed by atoms with Crippen LogP contribution in [0.15, 0.2) is 5.38 Å². The number of nitrogens with zero attached hydrogens (tertiary/aromatic N) is 1. The van der Waals surface area contributed by atoms with Gasteiger partial charge in [-0.2, -0.15) is 4.31 Å². The van der Waals surface area contributed by atoms with Crippen LogP contribution in [0.2, 0.25) is 0 Å². The largest absolute Gasteiger partial charge is 0.374 e. The fourth-order valence-corrected chi connectivity index (χ4v) is 5.03. The monoisotopic (exact) mass is 358 g/mol. The van der Waals surface area contributed by atoms with Crippen molar-refractivity contribution in [2.24, 2.45) is 0 Å². The molecular formula is C15H22N2O4S2. The Bertz CT molecular complexity index is 684. The highest BCUT2D eigenvalue weighted by atomic mass is 32.2. The third-order valence-corrected chi connectivity index (χ3v) is 6.71. The summed E-state index contributed by atoms with van der Waals surface area (Å²) in [5.41, 5.74) is 2.50. The van der Waals surface area contributed by atoms with Gasteiger partial charge < -0.3 is 10.1 Å². The van der Waals surface area contributed by atoms with Crippen molar-refractivity contribution in [3.05, 3.63) is 21.4 Å². The van der Waals surface area contributed by atoms with Gasteiger partial charge in [0.05, 0.1) is 23.8 Å².